The molecule has 0 spiro atoms. The Hall–Kier alpha value is -1.28. The zero-order chi connectivity index (χ0) is 8.12. The quantitative estimate of drug-likeness (QED) is 0.360. The SMILES string of the molecule is COC.N=C=O.N=C=O. The Labute approximate surface area is 52.7 Å². The Bertz CT molecular complexity index is 78.0. The van der Waals surface area contributed by atoms with Gasteiger partial charge in [-0.3, -0.25) is 0 Å². The van der Waals surface area contributed by atoms with Crippen LogP contribution in [0.3, 0.4) is 0 Å². The summed E-state index contributed by atoms with van der Waals surface area (Å²) in [5.74, 6) is 0. The lowest BCUT2D eigenvalue weighted by Gasteiger charge is -1.61. The van der Waals surface area contributed by atoms with Gasteiger partial charge in [0.25, 0.3) is 0 Å². The molecule has 2 N–H and O–H groups in total. The van der Waals surface area contributed by atoms with E-state index in [-0.39, 0.29) is 0 Å². The van der Waals surface area contributed by atoms with Crippen LogP contribution in [-0.2, 0) is 14.3 Å². The van der Waals surface area contributed by atoms with Crippen LogP contribution >= 0.6 is 0 Å². The van der Waals surface area contributed by atoms with Gasteiger partial charge in [0.2, 0.25) is 12.2 Å². The summed E-state index contributed by atoms with van der Waals surface area (Å²) >= 11 is 0. The molecule has 0 aromatic heterocycles. The number of isocyanates is 2. The molecule has 0 rings (SSSR count). The third-order valence-corrected chi connectivity index (χ3v) is 0. The fourth-order valence-corrected chi connectivity index (χ4v) is 0. The van der Waals surface area contributed by atoms with Crippen LogP contribution in [0.5, 0.6) is 0 Å². The van der Waals surface area contributed by atoms with E-state index in [1.165, 1.54) is 0 Å². The maximum atomic E-state index is 8.35. The predicted molar refractivity (Wildman–Crippen MR) is 29.8 cm³/mol. The number of rotatable bonds is 0. The first-order valence-electron chi connectivity index (χ1n) is 1.72. The Morgan fingerprint density at radius 2 is 1.11 bits per heavy atom. The standard InChI is InChI=1S/C2H6O.2CHNO/c1-3-2;2*2-1-3/h1-2H3;2*2H. The number of ether oxygens (including phenoxy) is 1. The molecule has 0 heterocycles. The lowest BCUT2D eigenvalue weighted by Crippen LogP contribution is -1.55. The van der Waals surface area contributed by atoms with E-state index in [4.69, 9.17) is 20.4 Å². The van der Waals surface area contributed by atoms with E-state index in [2.05, 4.69) is 4.74 Å². The zero-order valence-electron chi connectivity index (χ0n) is 5.22. The van der Waals surface area contributed by atoms with Gasteiger partial charge in [-0.25, -0.2) is 20.4 Å². The fraction of sp³-hybridized carbons (Fsp3) is 0.500. The molecule has 0 aliphatic carbocycles. The summed E-state index contributed by atoms with van der Waals surface area (Å²) in [5, 5.41) is 10.8. The van der Waals surface area contributed by atoms with E-state index in [0.29, 0.717) is 0 Å². The second-order valence-electron chi connectivity index (χ2n) is 0.612. The van der Waals surface area contributed by atoms with E-state index >= 15 is 0 Å². The van der Waals surface area contributed by atoms with Gasteiger partial charge in [0.05, 0.1) is 0 Å². The van der Waals surface area contributed by atoms with Gasteiger partial charge in [-0.15, -0.1) is 0 Å². The van der Waals surface area contributed by atoms with Crippen molar-refractivity contribution in [2.45, 2.75) is 0 Å². The number of hydrogen-bond acceptors (Lipinski definition) is 5. The Morgan fingerprint density at radius 1 is 1.11 bits per heavy atom. The van der Waals surface area contributed by atoms with Crippen molar-refractivity contribution < 1.29 is 14.3 Å². The molecule has 52 valence electrons. The molecule has 0 bridgehead atoms. The van der Waals surface area contributed by atoms with E-state index in [1.54, 1.807) is 14.2 Å². The van der Waals surface area contributed by atoms with Crippen molar-refractivity contribution in [1.29, 1.82) is 10.8 Å². The van der Waals surface area contributed by atoms with Crippen LogP contribution in [0, 0.1) is 10.8 Å². The zero-order valence-corrected chi connectivity index (χ0v) is 5.22. The summed E-state index contributed by atoms with van der Waals surface area (Å²) in [6, 6.07) is 0. The van der Waals surface area contributed by atoms with E-state index in [0.717, 1.165) is 12.2 Å². The summed E-state index contributed by atoms with van der Waals surface area (Å²) < 4.78 is 4.25. The van der Waals surface area contributed by atoms with Crippen molar-refractivity contribution in [3.63, 3.8) is 0 Å². The normalized spacial score (nSPS) is 3.78. The summed E-state index contributed by atoms with van der Waals surface area (Å²) in [5.41, 5.74) is 0. The molecule has 0 aromatic carbocycles. The molecule has 0 aliphatic heterocycles. The van der Waals surface area contributed by atoms with Crippen molar-refractivity contribution in [2.75, 3.05) is 14.2 Å². The number of hydrogen-bond donors (Lipinski definition) is 2. The van der Waals surface area contributed by atoms with Crippen molar-refractivity contribution in [3.8, 4) is 0 Å². The van der Waals surface area contributed by atoms with Crippen LogP contribution < -0.4 is 0 Å². The molecule has 0 fully saturated rings. The number of methoxy groups -OCH3 is 1. The molecule has 0 saturated heterocycles. The second-order valence-corrected chi connectivity index (χ2v) is 0.612. The predicted octanol–water partition coefficient (Wildman–Crippen LogP) is 0.0645. The smallest absolute Gasteiger partial charge is 0.231 e. The van der Waals surface area contributed by atoms with Gasteiger partial charge in [-0.2, -0.15) is 0 Å². The Balaban J connectivity index is -0.0000000600. The van der Waals surface area contributed by atoms with Crippen LogP contribution in [0.15, 0.2) is 0 Å². The minimum absolute atomic E-state index is 0.750. The van der Waals surface area contributed by atoms with Gasteiger partial charge in [-0.05, 0) is 0 Å². The average Bonchev–Trinajstić information content (AvgIpc) is 1.70. The van der Waals surface area contributed by atoms with Crippen molar-refractivity contribution in [2.24, 2.45) is 0 Å². The van der Waals surface area contributed by atoms with Crippen molar-refractivity contribution in [1.82, 2.24) is 0 Å². The molecule has 5 heteroatoms. The highest BCUT2D eigenvalue weighted by molar-refractivity contribution is 5.26. The molecule has 5 nitrogen and oxygen atoms in total. The molecule has 0 saturated carbocycles. The third-order valence-electron chi connectivity index (χ3n) is 0. The van der Waals surface area contributed by atoms with E-state index in [9.17, 15) is 0 Å². The fourth-order valence-electron chi connectivity index (χ4n) is 0. The average molecular weight is 132 g/mol. The third kappa shape index (κ3) is 91.4. The van der Waals surface area contributed by atoms with Crippen LogP contribution in [0.4, 0.5) is 0 Å². The highest BCUT2D eigenvalue weighted by Gasteiger charge is 1.25. The number of nitrogens with one attached hydrogen (secondary N) is 2. The molecule has 0 radical (unpaired) electrons. The van der Waals surface area contributed by atoms with Gasteiger partial charge >= 0.3 is 0 Å². The van der Waals surface area contributed by atoms with Gasteiger partial charge < -0.3 is 4.74 Å². The molecule has 0 amide bonds. The topological polar surface area (TPSA) is 91.1 Å². The van der Waals surface area contributed by atoms with Crippen LogP contribution in [0.2, 0.25) is 0 Å². The monoisotopic (exact) mass is 132 g/mol. The van der Waals surface area contributed by atoms with Crippen molar-refractivity contribution >= 4 is 12.2 Å². The summed E-state index contributed by atoms with van der Waals surface area (Å²) in [7, 11) is 3.25. The molecule has 0 aliphatic rings. The summed E-state index contributed by atoms with van der Waals surface area (Å²) in [6.07, 6.45) is 1.50. The van der Waals surface area contributed by atoms with Gasteiger partial charge in [0, 0.05) is 14.2 Å². The van der Waals surface area contributed by atoms with E-state index in [1.807, 2.05) is 0 Å². The van der Waals surface area contributed by atoms with Gasteiger partial charge in [0.15, 0.2) is 0 Å². The maximum absolute atomic E-state index is 8.35. The minimum atomic E-state index is 0.750. The molecular formula is C4H8N2O3. The second kappa shape index (κ2) is 74.3. The lowest BCUT2D eigenvalue weighted by molar-refractivity contribution is 0.277. The molecule has 9 heavy (non-hydrogen) atoms. The largest absolute Gasteiger partial charge is 0.388 e. The van der Waals surface area contributed by atoms with Crippen molar-refractivity contribution in [3.05, 3.63) is 0 Å². The lowest BCUT2D eigenvalue weighted by atomic mass is 11.6. The highest BCUT2D eigenvalue weighted by Crippen LogP contribution is 1.28. The Morgan fingerprint density at radius 3 is 1.11 bits per heavy atom. The van der Waals surface area contributed by atoms with Crippen LogP contribution in [0.1, 0.15) is 0 Å². The number of carbonyl (C=O) groups excluding carboxylic acids is 2. The molecule has 0 atom stereocenters. The summed E-state index contributed by atoms with van der Waals surface area (Å²) in [4.78, 5) is 16.7. The van der Waals surface area contributed by atoms with Crippen LogP contribution in [0.25, 0.3) is 0 Å². The molecule has 0 aromatic rings. The summed E-state index contributed by atoms with van der Waals surface area (Å²) in [6.45, 7) is 0. The Kier molecular flexibility index (Phi) is 129. The molecule has 0 unspecified atom stereocenters. The van der Waals surface area contributed by atoms with E-state index < -0.39 is 0 Å². The minimum Gasteiger partial charge on any atom is -0.388 e. The first kappa shape index (κ1) is 15.6. The first-order chi connectivity index (χ1) is 4.24. The highest BCUT2D eigenvalue weighted by atomic mass is 16.4. The first-order valence-corrected chi connectivity index (χ1v) is 1.72. The molecular weight excluding hydrogens is 124 g/mol. The van der Waals surface area contributed by atoms with Gasteiger partial charge in [0.1, 0.15) is 0 Å². The van der Waals surface area contributed by atoms with Crippen LogP contribution in [-0.4, -0.2) is 26.4 Å². The van der Waals surface area contributed by atoms with Gasteiger partial charge in [-0.1, -0.05) is 0 Å². The maximum Gasteiger partial charge on any atom is 0.231 e.